The third-order valence-corrected chi connectivity index (χ3v) is 7.99. The number of aromatic nitrogens is 2. The van der Waals surface area contributed by atoms with E-state index in [4.69, 9.17) is 0 Å². The molecule has 0 fully saturated rings. The summed E-state index contributed by atoms with van der Waals surface area (Å²) in [4.78, 5) is 35.1. The van der Waals surface area contributed by atoms with Crippen molar-refractivity contribution in [1.82, 2.24) is 14.5 Å². The summed E-state index contributed by atoms with van der Waals surface area (Å²) in [5.41, 5.74) is 2.23. The molecule has 1 aliphatic rings. The molecule has 26 heavy (non-hydrogen) atoms. The molecule has 0 atom stereocenters. The number of fused-ring (bicyclic) bond motifs is 2. The lowest BCUT2D eigenvalue weighted by Gasteiger charge is -2.26. The number of rotatable bonds is 3. The first-order valence-electron chi connectivity index (χ1n) is 8.38. The second-order valence-electron chi connectivity index (χ2n) is 6.44. The van der Waals surface area contributed by atoms with E-state index in [1.807, 2.05) is 18.7 Å². The Labute approximate surface area is 163 Å². The van der Waals surface area contributed by atoms with Crippen molar-refractivity contribution in [2.45, 2.75) is 32.0 Å². The maximum Gasteiger partial charge on any atom is 0.262 e. The summed E-state index contributed by atoms with van der Waals surface area (Å²) >= 11 is 4.65. The van der Waals surface area contributed by atoms with Gasteiger partial charge in [0.05, 0.1) is 11.1 Å². The molecule has 0 aromatic carbocycles. The van der Waals surface area contributed by atoms with Crippen LogP contribution in [0.1, 0.15) is 20.9 Å². The van der Waals surface area contributed by atoms with Gasteiger partial charge in [-0.1, -0.05) is 11.8 Å². The molecule has 1 aliphatic heterocycles. The summed E-state index contributed by atoms with van der Waals surface area (Å²) < 4.78 is 1.56. The van der Waals surface area contributed by atoms with Gasteiger partial charge in [0.2, 0.25) is 5.91 Å². The number of hydrogen-bond donors (Lipinski definition) is 0. The summed E-state index contributed by atoms with van der Waals surface area (Å²) in [6.45, 7) is 5.42. The van der Waals surface area contributed by atoms with Crippen molar-refractivity contribution < 1.29 is 4.79 Å². The smallest absolute Gasteiger partial charge is 0.262 e. The number of carbonyl (C=O) groups excluding carboxylic acids is 1. The quantitative estimate of drug-likeness (QED) is 0.495. The number of amides is 1. The van der Waals surface area contributed by atoms with Gasteiger partial charge in [0.25, 0.3) is 5.56 Å². The SMILES string of the molecule is Cc1sc2nc(SCC(=O)N3CCc4sccc4C3)n(C)c(=O)c2c1C. The molecule has 0 N–H and O–H groups in total. The largest absolute Gasteiger partial charge is 0.337 e. The van der Waals surface area contributed by atoms with Gasteiger partial charge in [-0.3, -0.25) is 14.2 Å². The average Bonchev–Trinajstić information content (AvgIpc) is 3.20. The van der Waals surface area contributed by atoms with Crippen LogP contribution < -0.4 is 5.56 Å². The van der Waals surface area contributed by atoms with Crippen LogP contribution in [0.2, 0.25) is 0 Å². The Bertz CT molecular complexity index is 1060. The molecule has 4 rings (SSSR count). The number of carbonyl (C=O) groups is 1. The van der Waals surface area contributed by atoms with Gasteiger partial charge in [0.15, 0.2) is 5.16 Å². The van der Waals surface area contributed by atoms with Crippen molar-refractivity contribution in [3.63, 3.8) is 0 Å². The Morgan fingerprint density at radius 2 is 2.19 bits per heavy atom. The van der Waals surface area contributed by atoms with Gasteiger partial charge in [0, 0.05) is 29.9 Å². The molecular formula is C18H19N3O2S3. The van der Waals surface area contributed by atoms with Gasteiger partial charge in [0.1, 0.15) is 4.83 Å². The second-order valence-corrected chi connectivity index (χ2v) is 9.59. The van der Waals surface area contributed by atoms with Crippen LogP contribution in [0, 0.1) is 13.8 Å². The number of nitrogens with zero attached hydrogens (tertiary/aromatic N) is 3. The Morgan fingerprint density at radius 1 is 1.38 bits per heavy atom. The molecule has 8 heteroatoms. The predicted molar refractivity (Wildman–Crippen MR) is 108 cm³/mol. The number of thiophene rings is 2. The summed E-state index contributed by atoms with van der Waals surface area (Å²) in [5.74, 6) is 0.397. The van der Waals surface area contributed by atoms with Crippen molar-refractivity contribution in [3.8, 4) is 0 Å². The lowest BCUT2D eigenvalue weighted by molar-refractivity contribution is -0.129. The number of aryl methyl sites for hydroxylation is 2. The molecule has 136 valence electrons. The normalized spacial score (nSPS) is 14.0. The molecule has 1 amide bonds. The lowest BCUT2D eigenvalue weighted by Crippen LogP contribution is -2.36. The first kappa shape index (κ1) is 17.8. The van der Waals surface area contributed by atoms with Gasteiger partial charge in [-0.2, -0.15) is 0 Å². The minimum Gasteiger partial charge on any atom is -0.337 e. The van der Waals surface area contributed by atoms with E-state index >= 15 is 0 Å². The van der Waals surface area contributed by atoms with Gasteiger partial charge in [-0.15, -0.1) is 22.7 Å². The molecule has 4 heterocycles. The minimum atomic E-state index is -0.0345. The van der Waals surface area contributed by atoms with E-state index in [0.717, 1.165) is 28.2 Å². The lowest BCUT2D eigenvalue weighted by atomic mass is 10.1. The standard InChI is InChI=1S/C18H19N3O2S3/c1-10-11(2)26-16-15(10)17(23)20(3)18(19-16)25-9-14(22)21-6-4-13-12(8-21)5-7-24-13/h5,7H,4,6,8-9H2,1-3H3. The molecule has 3 aromatic rings. The van der Waals surface area contributed by atoms with E-state index in [0.29, 0.717) is 22.8 Å². The Hall–Kier alpha value is -1.64. The zero-order chi connectivity index (χ0) is 18.4. The molecule has 0 bridgehead atoms. The van der Waals surface area contributed by atoms with Gasteiger partial charge >= 0.3 is 0 Å². The topological polar surface area (TPSA) is 55.2 Å². The molecule has 0 spiro atoms. The van der Waals surface area contributed by atoms with Crippen molar-refractivity contribution in [3.05, 3.63) is 42.7 Å². The van der Waals surface area contributed by atoms with Crippen LogP contribution in [0.5, 0.6) is 0 Å². The fraction of sp³-hybridized carbons (Fsp3) is 0.389. The van der Waals surface area contributed by atoms with E-state index in [1.54, 1.807) is 23.0 Å². The van der Waals surface area contributed by atoms with E-state index in [-0.39, 0.29) is 11.5 Å². The Morgan fingerprint density at radius 3 is 3.00 bits per heavy atom. The van der Waals surface area contributed by atoms with Crippen LogP contribution in [0.15, 0.2) is 21.4 Å². The predicted octanol–water partition coefficient (Wildman–Crippen LogP) is 3.35. The first-order chi connectivity index (χ1) is 12.5. The highest BCUT2D eigenvalue weighted by Crippen LogP contribution is 2.29. The van der Waals surface area contributed by atoms with Crippen molar-refractivity contribution >= 4 is 50.6 Å². The fourth-order valence-corrected chi connectivity index (χ4v) is 6.00. The number of hydrogen-bond acceptors (Lipinski definition) is 6. The molecule has 0 saturated heterocycles. The van der Waals surface area contributed by atoms with Crippen LogP contribution in [0.25, 0.3) is 10.2 Å². The Balaban J connectivity index is 1.52. The van der Waals surface area contributed by atoms with Gasteiger partial charge in [-0.25, -0.2) is 4.98 Å². The van der Waals surface area contributed by atoms with Crippen LogP contribution in [-0.4, -0.2) is 32.7 Å². The van der Waals surface area contributed by atoms with E-state index in [1.165, 1.54) is 33.5 Å². The molecule has 5 nitrogen and oxygen atoms in total. The van der Waals surface area contributed by atoms with Gasteiger partial charge in [-0.05, 0) is 42.8 Å². The monoisotopic (exact) mass is 405 g/mol. The van der Waals surface area contributed by atoms with Crippen LogP contribution in [0.3, 0.4) is 0 Å². The maximum atomic E-state index is 12.7. The summed E-state index contributed by atoms with van der Waals surface area (Å²) in [7, 11) is 1.73. The van der Waals surface area contributed by atoms with Crippen molar-refractivity contribution in [1.29, 1.82) is 0 Å². The van der Waals surface area contributed by atoms with Crippen LogP contribution in [0.4, 0.5) is 0 Å². The van der Waals surface area contributed by atoms with E-state index in [2.05, 4.69) is 16.4 Å². The average molecular weight is 406 g/mol. The fourth-order valence-electron chi connectivity index (χ4n) is 3.16. The summed E-state index contributed by atoms with van der Waals surface area (Å²) in [5, 5.41) is 3.39. The van der Waals surface area contributed by atoms with Crippen LogP contribution >= 0.6 is 34.4 Å². The zero-order valence-electron chi connectivity index (χ0n) is 14.9. The maximum absolute atomic E-state index is 12.7. The second kappa shape index (κ2) is 6.83. The molecule has 0 unspecified atom stereocenters. The van der Waals surface area contributed by atoms with Crippen molar-refractivity contribution in [2.75, 3.05) is 12.3 Å². The van der Waals surface area contributed by atoms with Crippen LogP contribution in [-0.2, 0) is 24.8 Å². The molecule has 0 saturated carbocycles. The minimum absolute atomic E-state index is 0.0345. The molecular weight excluding hydrogens is 386 g/mol. The van der Waals surface area contributed by atoms with Gasteiger partial charge < -0.3 is 4.90 Å². The third kappa shape index (κ3) is 3.00. The molecule has 3 aromatic heterocycles. The molecule has 0 radical (unpaired) electrons. The summed E-state index contributed by atoms with van der Waals surface area (Å²) in [6, 6.07) is 2.10. The molecule has 0 aliphatic carbocycles. The van der Waals surface area contributed by atoms with E-state index in [9.17, 15) is 9.59 Å². The number of thioether (sulfide) groups is 1. The highest BCUT2D eigenvalue weighted by molar-refractivity contribution is 7.99. The zero-order valence-corrected chi connectivity index (χ0v) is 17.3. The highest BCUT2D eigenvalue weighted by atomic mass is 32.2. The van der Waals surface area contributed by atoms with E-state index < -0.39 is 0 Å². The third-order valence-electron chi connectivity index (χ3n) is 4.85. The highest BCUT2D eigenvalue weighted by Gasteiger charge is 2.22. The Kier molecular flexibility index (Phi) is 4.66. The summed E-state index contributed by atoms with van der Waals surface area (Å²) in [6.07, 6.45) is 0.930. The van der Waals surface area contributed by atoms with Crippen molar-refractivity contribution in [2.24, 2.45) is 7.05 Å². The first-order valence-corrected chi connectivity index (χ1v) is 11.1.